The molecule has 1 aliphatic heterocycles. The highest BCUT2D eigenvalue weighted by Gasteiger charge is 2.17. The molecule has 2 N–H and O–H groups in total. The van der Waals surface area contributed by atoms with Gasteiger partial charge in [-0.25, -0.2) is 0 Å². The first-order chi connectivity index (χ1) is 12.1. The van der Waals surface area contributed by atoms with Gasteiger partial charge in [-0.3, -0.25) is 4.79 Å². The lowest BCUT2D eigenvalue weighted by molar-refractivity contribution is -0.116. The van der Waals surface area contributed by atoms with Gasteiger partial charge < -0.3 is 19.8 Å². The Bertz CT molecular complexity index is 691. The highest BCUT2D eigenvalue weighted by Crippen LogP contribution is 2.22. The van der Waals surface area contributed by atoms with Gasteiger partial charge in [0.05, 0.1) is 6.10 Å². The zero-order valence-electron chi connectivity index (χ0n) is 14.4. The van der Waals surface area contributed by atoms with Gasteiger partial charge in [0.25, 0.3) is 0 Å². The van der Waals surface area contributed by atoms with Crippen LogP contribution in [0.3, 0.4) is 0 Å². The van der Waals surface area contributed by atoms with E-state index in [1.807, 2.05) is 24.3 Å². The van der Waals surface area contributed by atoms with Gasteiger partial charge >= 0.3 is 0 Å². The van der Waals surface area contributed by atoms with Crippen molar-refractivity contribution in [3.8, 4) is 0 Å². The van der Waals surface area contributed by atoms with Crippen LogP contribution in [-0.2, 0) is 11.2 Å². The van der Waals surface area contributed by atoms with Gasteiger partial charge in [0, 0.05) is 37.3 Å². The van der Waals surface area contributed by atoms with Crippen LogP contribution in [0.15, 0.2) is 28.8 Å². The molecule has 134 valence electrons. The standard InChI is InChI=1S/C18H24N4O3/c1-13-19-18(25-21-13)4-2-3-17(24)20-14-5-7-15(8-6-14)22-11-9-16(23)10-12-22/h5-8,16,23H,2-4,9-12H2,1H3,(H,20,24). The molecular weight excluding hydrogens is 320 g/mol. The highest BCUT2D eigenvalue weighted by molar-refractivity contribution is 5.90. The quantitative estimate of drug-likeness (QED) is 0.835. The third-order valence-electron chi connectivity index (χ3n) is 4.34. The number of nitrogens with one attached hydrogen (secondary N) is 1. The van der Waals surface area contributed by atoms with E-state index in [-0.39, 0.29) is 12.0 Å². The molecule has 0 radical (unpaired) electrons. The first kappa shape index (κ1) is 17.4. The summed E-state index contributed by atoms with van der Waals surface area (Å²) in [6, 6.07) is 7.85. The second kappa shape index (κ2) is 8.11. The number of nitrogens with zero attached hydrogens (tertiary/aromatic N) is 3. The Labute approximate surface area is 147 Å². The summed E-state index contributed by atoms with van der Waals surface area (Å²) in [5.41, 5.74) is 1.91. The van der Waals surface area contributed by atoms with Gasteiger partial charge in [-0.05, 0) is 50.5 Å². The van der Waals surface area contributed by atoms with Crippen LogP contribution < -0.4 is 10.2 Å². The minimum Gasteiger partial charge on any atom is -0.393 e. The Morgan fingerprint density at radius 3 is 2.68 bits per heavy atom. The Balaban J connectivity index is 1.43. The number of aliphatic hydroxyl groups is 1. The number of rotatable bonds is 6. The third kappa shape index (κ3) is 5.03. The molecular formula is C18H24N4O3. The fourth-order valence-electron chi connectivity index (χ4n) is 2.94. The summed E-state index contributed by atoms with van der Waals surface area (Å²) in [6.07, 6.45) is 3.12. The maximum atomic E-state index is 12.0. The molecule has 0 spiro atoms. The van der Waals surface area contributed by atoms with E-state index in [0.29, 0.717) is 31.0 Å². The molecule has 0 saturated carbocycles. The van der Waals surface area contributed by atoms with Crippen LogP contribution in [0.4, 0.5) is 11.4 Å². The molecule has 1 aromatic heterocycles. The molecule has 7 nitrogen and oxygen atoms in total. The third-order valence-corrected chi connectivity index (χ3v) is 4.34. The molecule has 1 aliphatic rings. The fourth-order valence-corrected chi connectivity index (χ4v) is 2.94. The van der Waals surface area contributed by atoms with Gasteiger partial charge in [-0.2, -0.15) is 4.98 Å². The molecule has 0 atom stereocenters. The second-order valence-corrected chi connectivity index (χ2v) is 6.40. The zero-order chi connectivity index (χ0) is 17.6. The van der Waals surface area contributed by atoms with Gasteiger partial charge in [0.1, 0.15) is 0 Å². The summed E-state index contributed by atoms with van der Waals surface area (Å²) in [6.45, 7) is 3.50. The van der Waals surface area contributed by atoms with Crippen LogP contribution in [0.25, 0.3) is 0 Å². The Morgan fingerprint density at radius 2 is 2.04 bits per heavy atom. The first-order valence-electron chi connectivity index (χ1n) is 8.72. The Morgan fingerprint density at radius 1 is 1.32 bits per heavy atom. The Kier molecular flexibility index (Phi) is 5.65. The summed E-state index contributed by atoms with van der Waals surface area (Å²) in [5.74, 6) is 1.16. The van der Waals surface area contributed by atoms with E-state index < -0.39 is 0 Å². The minimum atomic E-state index is -0.175. The average molecular weight is 344 g/mol. The van der Waals surface area contributed by atoms with Crippen molar-refractivity contribution in [3.63, 3.8) is 0 Å². The van der Waals surface area contributed by atoms with Crippen LogP contribution in [0.1, 0.15) is 37.4 Å². The minimum absolute atomic E-state index is 0.0231. The molecule has 0 unspecified atom stereocenters. The summed E-state index contributed by atoms with van der Waals surface area (Å²) in [5, 5.41) is 16.2. The second-order valence-electron chi connectivity index (χ2n) is 6.40. The van der Waals surface area contributed by atoms with Crippen molar-refractivity contribution in [1.82, 2.24) is 10.1 Å². The largest absolute Gasteiger partial charge is 0.393 e. The van der Waals surface area contributed by atoms with E-state index in [0.717, 1.165) is 37.3 Å². The molecule has 1 amide bonds. The number of amides is 1. The lowest BCUT2D eigenvalue weighted by Crippen LogP contribution is -2.35. The number of carbonyl (C=O) groups excluding carboxylic acids is 1. The molecule has 0 bridgehead atoms. The summed E-state index contributed by atoms with van der Waals surface area (Å²) in [7, 11) is 0. The molecule has 3 rings (SSSR count). The number of anilines is 2. The Hall–Kier alpha value is -2.41. The molecule has 2 aromatic rings. The van der Waals surface area contributed by atoms with E-state index in [4.69, 9.17) is 4.52 Å². The van der Waals surface area contributed by atoms with Crippen LogP contribution in [0.2, 0.25) is 0 Å². The van der Waals surface area contributed by atoms with Gasteiger partial charge in [-0.1, -0.05) is 5.16 Å². The van der Waals surface area contributed by atoms with Crippen LogP contribution in [0.5, 0.6) is 0 Å². The lowest BCUT2D eigenvalue weighted by Gasteiger charge is -2.31. The fraction of sp³-hybridized carbons (Fsp3) is 0.500. The van der Waals surface area contributed by atoms with Crippen molar-refractivity contribution in [3.05, 3.63) is 36.0 Å². The lowest BCUT2D eigenvalue weighted by atomic mass is 10.1. The van der Waals surface area contributed by atoms with Crippen molar-refractivity contribution in [2.75, 3.05) is 23.3 Å². The predicted octanol–water partition coefficient (Wildman–Crippen LogP) is 2.30. The highest BCUT2D eigenvalue weighted by atomic mass is 16.5. The van der Waals surface area contributed by atoms with Crippen molar-refractivity contribution in [2.24, 2.45) is 0 Å². The SMILES string of the molecule is Cc1noc(CCCC(=O)Nc2ccc(N3CCC(O)CC3)cc2)n1. The van der Waals surface area contributed by atoms with Crippen molar-refractivity contribution in [1.29, 1.82) is 0 Å². The summed E-state index contributed by atoms with van der Waals surface area (Å²) in [4.78, 5) is 18.4. The smallest absolute Gasteiger partial charge is 0.226 e. The number of benzene rings is 1. The van der Waals surface area contributed by atoms with Gasteiger partial charge in [0.2, 0.25) is 11.8 Å². The van der Waals surface area contributed by atoms with Gasteiger partial charge in [-0.15, -0.1) is 0 Å². The van der Waals surface area contributed by atoms with E-state index in [9.17, 15) is 9.90 Å². The molecule has 1 saturated heterocycles. The van der Waals surface area contributed by atoms with Crippen molar-refractivity contribution >= 4 is 17.3 Å². The number of hydrogen-bond donors (Lipinski definition) is 2. The molecule has 1 aromatic carbocycles. The normalized spacial score (nSPS) is 15.4. The number of piperidine rings is 1. The van der Waals surface area contributed by atoms with Crippen LogP contribution in [0, 0.1) is 6.92 Å². The van der Waals surface area contributed by atoms with E-state index in [1.165, 1.54) is 0 Å². The van der Waals surface area contributed by atoms with E-state index >= 15 is 0 Å². The predicted molar refractivity (Wildman–Crippen MR) is 94.5 cm³/mol. The maximum Gasteiger partial charge on any atom is 0.226 e. The number of carbonyl (C=O) groups is 1. The molecule has 2 heterocycles. The van der Waals surface area contributed by atoms with E-state index in [1.54, 1.807) is 6.92 Å². The monoisotopic (exact) mass is 344 g/mol. The summed E-state index contributed by atoms with van der Waals surface area (Å²) >= 11 is 0. The molecule has 1 fully saturated rings. The maximum absolute atomic E-state index is 12.0. The molecule has 25 heavy (non-hydrogen) atoms. The topological polar surface area (TPSA) is 91.5 Å². The number of aromatic nitrogens is 2. The van der Waals surface area contributed by atoms with Gasteiger partial charge in [0.15, 0.2) is 5.82 Å². The van der Waals surface area contributed by atoms with E-state index in [2.05, 4.69) is 20.4 Å². The van der Waals surface area contributed by atoms with Crippen LogP contribution >= 0.6 is 0 Å². The number of aryl methyl sites for hydroxylation is 2. The first-order valence-corrected chi connectivity index (χ1v) is 8.72. The number of hydrogen-bond acceptors (Lipinski definition) is 6. The van der Waals surface area contributed by atoms with Crippen molar-refractivity contribution in [2.45, 2.75) is 45.1 Å². The zero-order valence-corrected chi connectivity index (χ0v) is 14.4. The number of aliphatic hydroxyl groups excluding tert-OH is 1. The van der Waals surface area contributed by atoms with Crippen molar-refractivity contribution < 1.29 is 14.4 Å². The molecule has 7 heteroatoms. The van der Waals surface area contributed by atoms with Crippen LogP contribution in [-0.4, -0.2) is 40.3 Å². The average Bonchev–Trinajstić information content (AvgIpc) is 3.02. The summed E-state index contributed by atoms with van der Waals surface area (Å²) < 4.78 is 5.03. The molecule has 0 aliphatic carbocycles.